The Kier molecular flexibility index (Phi) is 5.38. The van der Waals surface area contributed by atoms with E-state index in [0.29, 0.717) is 16.5 Å². The fraction of sp³-hybridized carbons (Fsp3) is 0.125. The Bertz CT molecular complexity index is 1230. The normalized spacial score (nSPS) is 10.8. The van der Waals surface area contributed by atoms with Gasteiger partial charge in [0.05, 0.1) is 5.69 Å². The van der Waals surface area contributed by atoms with Gasteiger partial charge < -0.3 is 5.32 Å². The van der Waals surface area contributed by atoms with Crippen molar-refractivity contribution in [1.29, 1.82) is 0 Å². The molecular formula is C24H21ClN4O. The molecule has 4 aromatic rings. The molecule has 0 aliphatic rings. The Balaban J connectivity index is 1.79. The average molecular weight is 417 g/mol. The van der Waals surface area contributed by atoms with E-state index in [1.54, 1.807) is 22.9 Å². The van der Waals surface area contributed by atoms with Gasteiger partial charge in [-0.3, -0.25) is 4.79 Å². The number of nitrogens with one attached hydrogen (secondary N) is 1. The number of aromatic nitrogens is 3. The molecule has 0 radical (unpaired) electrons. The Labute approximate surface area is 180 Å². The summed E-state index contributed by atoms with van der Waals surface area (Å²) in [6.07, 6.45) is 0. The lowest BCUT2D eigenvalue weighted by Crippen LogP contribution is -2.15. The number of anilines is 1. The van der Waals surface area contributed by atoms with Crippen LogP contribution in [0, 0.1) is 20.8 Å². The van der Waals surface area contributed by atoms with Crippen molar-refractivity contribution in [1.82, 2.24) is 14.8 Å². The van der Waals surface area contributed by atoms with Gasteiger partial charge in [-0.05, 0) is 50.1 Å². The zero-order chi connectivity index (χ0) is 21.3. The lowest BCUT2D eigenvalue weighted by atomic mass is 10.1. The van der Waals surface area contributed by atoms with Crippen molar-refractivity contribution in [3.63, 3.8) is 0 Å². The summed E-state index contributed by atoms with van der Waals surface area (Å²) < 4.78 is 1.72. The molecule has 30 heavy (non-hydrogen) atoms. The predicted molar refractivity (Wildman–Crippen MR) is 120 cm³/mol. The van der Waals surface area contributed by atoms with Gasteiger partial charge in [-0.1, -0.05) is 65.7 Å². The first kappa shape index (κ1) is 19.9. The summed E-state index contributed by atoms with van der Waals surface area (Å²) in [4.78, 5) is 17.5. The van der Waals surface area contributed by atoms with E-state index >= 15 is 0 Å². The van der Waals surface area contributed by atoms with Crippen LogP contribution >= 0.6 is 11.6 Å². The lowest BCUT2D eigenvalue weighted by Gasteiger charge is -2.09. The van der Waals surface area contributed by atoms with Gasteiger partial charge in [0, 0.05) is 16.3 Å². The molecule has 150 valence electrons. The highest BCUT2D eigenvalue weighted by Crippen LogP contribution is 2.26. The van der Waals surface area contributed by atoms with Gasteiger partial charge in [0.25, 0.3) is 5.91 Å². The second-order valence-electron chi connectivity index (χ2n) is 7.19. The number of carbonyl (C=O) groups excluding carboxylic acids is 1. The van der Waals surface area contributed by atoms with E-state index in [-0.39, 0.29) is 11.7 Å². The number of halogens is 1. The molecule has 1 N–H and O–H groups in total. The molecule has 0 spiro atoms. The summed E-state index contributed by atoms with van der Waals surface area (Å²) >= 11 is 6.18. The van der Waals surface area contributed by atoms with Crippen LogP contribution in [0.25, 0.3) is 17.1 Å². The second kappa shape index (κ2) is 8.13. The standard InChI is InChI=1S/C24H21ClN4O/c1-15-11-13-18(14-12-15)23-27-22(28-29(23)21-10-5-4-7-16(21)2)24(30)26-20-9-6-8-19(25)17(20)3/h4-14H,1-3H3,(H,26,30). The van der Waals surface area contributed by atoms with Crippen LogP contribution in [0.5, 0.6) is 0 Å². The first-order valence-electron chi connectivity index (χ1n) is 9.60. The van der Waals surface area contributed by atoms with E-state index in [4.69, 9.17) is 11.6 Å². The fourth-order valence-corrected chi connectivity index (χ4v) is 3.36. The largest absolute Gasteiger partial charge is 0.319 e. The molecule has 5 nitrogen and oxygen atoms in total. The van der Waals surface area contributed by atoms with Crippen LogP contribution in [-0.4, -0.2) is 20.7 Å². The smallest absolute Gasteiger partial charge is 0.295 e. The molecule has 6 heteroatoms. The number of carbonyl (C=O) groups is 1. The summed E-state index contributed by atoms with van der Waals surface area (Å²) in [5.41, 5.74) is 5.37. The number of nitrogens with zero attached hydrogens (tertiary/aromatic N) is 3. The second-order valence-corrected chi connectivity index (χ2v) is 7.60. The van der Waals surface area contributed by atoms with E-state index in [1.807, 2.05) is 69.3 Å². The van der Waals surface area contributed by atoms with Crippen LogP contribution in [0.2, 0.25) is 5.02 Å². The third-order valence-electron chi connectivity index (χ3n) is 4.98. The van der Waals surface area contributed by atoms with Gasteiger partial charge in [0.15, 0.2) is 5.82 Å². The average Bonchev–Trinajstić information content (AvgIpc) is 3.17. The monoisotopic (exact) mass is 416 g/mol. The SMILES string of the molecule is Cc1ccc(-c2nc(C(=O)Nc3cccc(Cl)c3C)nn2-c2ccccc2C)cc1. The third kappa shape index (κ3) is 3.84. The maximum Gasteiger partial charge on any atom is 0.295 e. The van der Waals surface area contributed by atoms with Gasteiger partial charge in [0.2, 0.25) is 5.82 Å². The van der Waals surface area contributed by atoms with Crippen molar-refractivity contribution >= 4 is 23.2 Å². The molecule has 0 aliphatic heterocycles. The minimum atomic E-state index is -0.388. The van der Waals surface area contributed by atoms with E-state index in [2.05, 4.69) is 15.4 Å². The molecule has 0 unspecified atom stereocenters. The quantitative estimate of drug-likeness (QED) is 0.459. The maximum atomic E-state index is 13.0. The highest BCUT2D eigenvalue weighted by molar-refractivity contribution is 6.31. The zero-order valence-electron chi connectivity index (χ0n) is 17.0. The van der Waals surface area contributed by atoms with Gasteiger partial charge in [-0.2, -0.15) is 0 Å². The highest BCUT2D eigenvalue weighted by atomic mass is 35.5. The number of aryl methyl sites for hydroxylation is 2. The van der Waals surface area contributed by atoms with Gasteiger partial charge in [-0.25, -0.2) is 9.67 Å². The van der Waals surface area contributed by atoms with Crippen molar-refractivity contribution in [2.24, 2.45) is 0 Å². The molecule has 1 aromatic heterocycles. The van der Waals surface area contributed by atoms with Crippen LogP contribution < -0.4 is 5.32 Å². The number of benzene rings is 3. The van der Waals surface area contributed by atoms with Crippen molar-refractivity contribution in [2.45, 2.75) is 20.8 Å². The Hall–Kier alpha value is -3.44. The van der Waals surface area contributed by atoms with Gasteiger partial charge in [-0.15, -0.1) is 5.10 Å². The molecule has 0 atom stereocenters. The van der Waals surface area contributed by atoms with E-state index in [9.17, 15) is 4.79 Å². The Morgan fingerprint density at radius 1 is 0.933 bits per heavy atom. The van der Waals surface area contributed by atoms with E-state index < -0.39 is 0 Å². The van der Waals surface area contributed by atoms with Crippen LogP contribution in [0.4, 0.5) is 5.69 Å². The lowest BCUT2D eigenvalue weighted by molar-refractivity contribution is 0.101. The Morgan fingerprint density at radius 3 is 2.40 bits per heavy atom. The van der Waals surface area contributed by atoms with Crippen molar-refractivity contribution in [3.8, 4) is 17.1 Å². The molecule has 1 amide bonds. The van der Waals surface area contributed by atoms with Crippen molar-refractivity contribution in [2.75, 3.05) is 5.32 Å². The zero-order valence-corrected chi connectivity index (χ0v) is 17.7. The molecule has 0 saturated heterocycles. The van der Waals surface area contributed by atoms with E-state index in [1.165, 1.54) is 0 Å². The Morgan fingerprint density at radius 2 is 1.67 bits per heavy atom. The van der Waals surface area contributed by atoms with Crippen LogP contribution in [0.1, 0.15) is 27.3 Å². The number of amides is 1. The van der Waals surface area contributed by atoms with E-state index in [0.717, 1.165) is 27.9 Å². The first-order chi connectivity index (χ1) is 14.4. The summed E-state index contributed by atoms with van der Waals surface area (Å²) in [7, 11) is 0. The van der Waals surface area contributed by atoms with Crippen molar-refractivity contribution < 1.29 is 4.79 Å². The predicted octanol–water partition coefficient (Wildman–Crippen LogP) is 5.77. The molecule has 0 fully saturated rings. The fourth-order valence-electron chi connectivity index (χ4n) is 3.19. The molecule has 4 rings (SSSR count). The minimum absolute atomic E-state index is 0.0909. The number of hydrogen-bond acceptors (Lipinski definition) is 3. The summed E-state index contributed by atoms with van der Waals surface area (Å²) in [5, 5.41) is 8.01. The topological polar surface area (TPSA) is 59.8 Å². The highest BCUT2D eigenvalue weighted by Gasteiger charge is 2.20. The number of hydrogen-bond donors (Lipinski definition) is 1. The number of rotatable bonds is 4. The molecule has 0 aliphatic carbocycles. The van der Waals surface area contributed by atoms with Crippen molar-refractivity contribution in [3.05, 3.63) is 94.3 Å². The molecular weight excluding hydrogens is 396 g/mol. The molecule has 3 aromatic carbocycles. The van der Waals surface area contributed by atoms with Crippen LogP contribution in [0.15, 0.2) is 66.7 Å². The van der Waals surface area contributed by atoms with Crippen LogP contribution in [-0.2, 0) is 0 Å². The maximum absolute atomic E-state index is 13.0. The number of para-hydroxylation sites is 1. The summed E-state index contributed by atoms with van der Waals surface area (Å²) in [6.45, 7) is 5.89. The van der Waals surface area contributed by atoms with Gasteiger partial charge >= 0.3 is 0 Å². The van der Waals surface area contributed by atoms with Gasteiger partial charge in [0.1, 0.15) is 0 Å². The first-order valence-corrected chi connectivity index (χ1v) is 9.98. The summed E-state index contributed by atoms with van der Waals surface area (Å²) in [6, 6.07) is 21.3. The molecule has 1 heterocycles. The molecule has 0 bridgehead atoms. The summed E-state index contributed by atoms with van der Waals surface area (Å²) in [5.74, 6) is 0.312. The van der Waals surface area contributed by atoms with Crippen LogP contribution in [0.3, 0.4) is 0 Å². The minimum Gasteiger partial charge on any atom is -0.319 e. The molecule has 0 saturated carbocycles. The third-order valence-corrected chi connectivity index (χ3v) is 5.39.